The van der Waals surface area contributed by atoms with Crippen molar-refractivity contribution in [1.29, 1.82) is 0 Å². The van der Waals surface area contributed by atoms with E-state index in [-0.39, 0.29) is 17.8 Å². The Balaban J connectivity index is 1.90. The Bertz CT molecular complexity index is 783. The number of amides is 1. The van der Waals surface area contributed by atoms with Gasteiger partial charge in [-0.3, -0.25) is 9.36 Å². The van der Waals surface area contributed by atoms with Crippen molar-refractivity contribution in [3.05, 3.63) is 50.9 Å². The Labute approximate surface area is 124 Å². The van der Waals surface area contributed by atoms with Gasteiger partial charge in [-0.15, -0.1) is 0 Å². The standard InChI is InChI=1S/C13H12ClFN4O2/c1-17-13(21)19-5-4-18(7-11(19)16-17)12(20)9-6-8(14)2-3-10(9)15/h2-3,6H,4-5,7H2,1H3. The number of rotatable bonds is 1. The summed E-state index contributed by atoms with van der Waals surface area (Å²) in [6, 6.07) is 3.86. The molecule has 1 amide bonds. The van der Waals surface area contributed by atoms with E-state index in [4.69, 9.17) is 11.6 Å². The number of hydrogen-bond acceptors (Lipinski definition) is 3. The summed E-state index contributed by atoms with van der Waals surface area (Å²) in [4.78, 5) is 25.6. The maximum absolute atomic E-state index is 13.8. The second kappa shape index (κ2) is 5.00. The molecule has 110 valence electrons. The molecule has 1 aliphatic heterocycles. The van der Waals surface area contributed by atoms with Crippen molar-refractivity contribution in [2.45, 2.75) is 13.1 Å². The third-order valence-electron chi connectivity index (χ3n) is 3.46. The largest absolute Gasteiger partial charge is 0.345 e. The summed E-state index contributed by atoms with van der Waals surface area (Å²) < 4.78 is 16.5. The number of fused-ring (bicyclic) bond motifs is 1. The predicted octanol–water partition coefficient (Wildman–Crippen LogP) is 1.03. The third-order valence-corrected chi connectivity index (χ3v) is 3.69. The molecule has 1 aromatic carbocycles. The van der Waals surface area contributed by atoms with Gasteiger partial charge in [0.25, 0.3) is 5.91 Å². The number of benzene rings is 1. The van der Waals surface area contributed by atoms with E-state index in [0.717, 1.165) is 6.07 Å². The van der Waals surface area contributed by atoms with E-state index in [1.807, 2.05) is 0 Å². The summed E-state index contributed by atoms with van der Waals surface area (Å²) in [5.41, 5.74) is -0.291. The van der Waals surface area contributed by atoms with Gasteiger partial charge in [-0.05, 0) is 18.2 Å². The lowest BCUT2D eigenvalue weighted by Crippen LogP contribution is -2.41. The zero-order valence-corrected chi connectivity index (χ0v) is 12.0. The van der Waals surface area contributed by atoms with Crippen molar-refractivity contribution in [1.82, 2.24) is 19.2 Å². The molecule has 2 aromatic rings. The van der Waals surface area contributed by atoms with Crippen LogP contribution in [0.4, 0.5) is 4.39 Å². The van der Waals surface area contributed by atoms with Gasteiger partial charge >= 0.3 is 5.69 Å². The van der Waals surface area contributed by atoms with Crippen molar-refractivity contribution in [3.8, 4) is 0 Å². The van der Waals surface area contributed by atoms with Crippen LogP contribution in [0.3, 0.4) is 0 Å². The van der Waals surface area contributed by atoms with E-state index in [2.05, 4.69) is 5.10 Å². The molecular formula is C13H12ClFN4O2. The van der Waals surface area contributed by atoms with Gasteiger partial charge < -0.3 is 4.90 Å². The first-order chi connectivity index (χ1) is 9.97. The minimum Gasteiger partial charge on any atom is -0.329 e. The van der Waals surface area contributed by atoms with E-state index in [1.165, 1.54) is 26.3 Å². The van der Waals surface area contributed by atoms with Crippen LogP contribution in [0.5, 0.6) is 0 Å². The van der Waals surface area contributed by atoms with Crippen LogP contribution in [-0.4, -0.2) is 31.7 Å². The second-order valence-corrected chi connectivity index (χ2v) is 5.26. The van der Waals surface area contributed by atoms with Crippen LogP contribution in [0, 0.1) is 5.82 Å². The predicted molar refractivity (Wildman–Crippen MR) is 73.6 cm³/mol. The molecule has 0 saturated heterocycles. The Kier molecular flexibility index (Phi) is 3.29. The summed E-state index contributed by atoms with van der Waals surface area (Å²) in [5, 5.41) is 4.37. The molecule has 3 rings (SSSR count). The Morgan fingerprint density at radius 2 is 2.14 bits per heavy atom. The molecule has 8 heteroatoms. The van der Waals surface area contributed by atoms with Crippen LogP contribution in [0.15, 0.2) is 23.0 Å². The first-order valence-electron chi connectivity index (χ1n) is 6.34. The maximum Gasteiger partial charge on any atom is 0.345 e. The molecule has 0 radical (unpaired) electrons. The molecule has 0 spiro atoms. The molecule has 2 heterocycles. The van der Waals surface area contributed by atoms with E-state index in [0.29, 0.717) is 23.9 Å². The Morgan fingerprint density at radius 1 is 1.38 bits per heavy atom. The van der Waals surface area contributed by atoms with Crippen LogP contribution < -0.4 is 5.69 Å². The fourth-order valence-corrected chi connectivity index (χ4v) is 2.54. The lowest BCUT2D eigenvalue weighted by Gasteiger charge is -2.26. The molecule has 0 fully saturated rings. The van der Waals surface area contributed by atoms with E-state index < -0.39 is 11.7 Å². The summed E-state index contributed by atoms with van der Waals surface area (Å²) >= 11 is 5.81. The molecule has 0 bridgehead atoms. The van der Waals surface area contributed by atoms with Crippen LogP contribution in [-0.2, 0) is 20.1 Å². The topological polar surface area (TPSA) is 60.1 Å². The van der Waals surface area contributed by atoms with Crippen LogP contribution >= 0.6 is 11.6 Å². The zero-order valence-electron chi connectivity index (χ0n) is 11.2. The normalized spacial score (nSPS) is 14.1. The van der Waals surface area contributed by atoms with Crippen molar-refractivity contribution in [2.75, 3.05) is 6.54 Å². The molecule has 0 aliphatic carbocycles. The van der Waals surface area contributed by atoms with Gasteiger partial charge in [0.2, 0.25) is 0 Å². The maximum atomic E-state index is 13.8. The monoisotopic (exact) mass is 310 g/mol. The van der Waals surface area contributed by atoms with Crippen LogP contribution in [0.25, 0.3) is 0 Å². The molecule has 0 N–H and O–H groups in total. The van der Waals surface area contributed by atoms with Crippen molar-refractivity contribution in [2.24, 2.45) is 7.05 Å². The van der Waals surface area contributed by atoms with Crippen LogP contribution in [0.2, 0.25) is 5.02 Å². The highest BCUT2D eigenvalue weighted by Crippen LogP contribution is 2.19. The van der Waals surface area contributed by atoms with Crippen LogP contribution in [0.1, 0.15) is 16.2 Å². The molecule has 21 heavy (non-hydrogen) atoms. The van der Waals surface area contributed by atoms with Gasteiger partial charge in [-0.1, -0.05) is 11.6 Å². The minimum absolute atomic E-state index is 0.0748. The van der Waals surface area contributed by atoms with Crippen molar-refractivity contribution < 1.29 is 9.18 Å². The molecule has 6 nitrogen and oxygen atoms in total. The van der Waals surface area contributed by atoms with E-state index in [9.17, 15) is 14.0 Å². The second-order valence-electron chi connectivity index (χ2n) is 4.82. The van der Waals surface area contributed by atoms with Gasteiger partial charge in [-0.2, -0.15) is 5.10 Å². The van der Waals surface area contributed by atoms with E-state index in [1.54, 1.807) is 7.05 Å². The third kappa shape index (κ3) is 2.33. The summed E-state index contributed by atoms with van der Waals surface area (Å²) in [7, 11) is 1.55. The molecule has 0 saturated carbocycles. The first kappa shape index (κ1) is 13.8. The first-order valence-corrected chi connectivity index (χ1v) is 6.72. The number of aromatic nitrogens is 3. The van der Waals surface area contributed by atoms with Gasteiger partial charge in [0.05, 0.1) is 12.1 Å². The van der Waals surface area contributed by atoms with Gasteiger partial charge in [-0.25, -0.2) is 13.9 Å². The lowest BCUT2D eigenvalue weighted by atomic mass is 10.1. The van der Waals surface area contributed by atoms with Crippen molar-refractivity contribution in [3.63, 3.8) is 0 Å². The summed E-state index contributed by atoms with van der Waals surface area (Å²) in [6.45, 7) is 0.834. The molecule has 1 aliphatic rings. The number of carbonyl (C=O) groups is 1. The highest BCUT2D eigenvalue weighted by atomic mass is 35.5. The van der Waals surface area contributed by atoms with E-state index >= 15 is 0 Å². The van der Waals surface area contributed by atoms with Gasteiger partial charge in [0.15, 0.2) is 5.82 Å². The minimum atomic E-state index is -0.617. The SMILES string of the molecule is Cn1nc2n(c1=O)CCN(C(=O)c1cc(Cl)ccc1F)C2. The fourth-order valence-electron chi connectivity index (χ4n) is 2.37. The fraction of sp³-hybridized carbons (Fsp3) is 0.308. The number of nitrogens with zero attached hydrogens (tertiary/aromatic N) is 4. The van der Waals surface area contributed by atoms with Gasteiger partial charge in [0, 0.05) is 25.2 Å². The smallest absolute Gasteiger partial charge is 0.329 e. The summed E-state index contributed by atoms with van der Waals surface area (Å²) in [6.07, 6.45) is 0. The van der Waals surface area contributed by atoms with Crippen molar-refractivity contribution >= 4 is 17.5 Å². The zero-order chi connectivity index (χ0) is 15.1. The average Bonchev–Trinajstić information content (AvgIpc) is 2.75. The number of aryl methyl sites for hydroxylation is 1. The number of carbonyl (C=O) groups excluding carboxylic acids is 1. The number of halogens is 2. The average molecular weight is 311 g/mol. The highest BCUT2D eigenvalue weighted by Gasteiger charge is 2.26. The summed E-state index contributed by atoms with van der Waals surface area (Å²) in [5.74, 6) is -0.586. The molecular weight excluding hydrogens is 299 g/mol. The molecule has 0 atom stereocenters. The molecule has 1 aromatic heterocycles. The Morgan fingerprint density at radius 3 is 2.90 bits per heavy atom. The van der Waals surface area contributed by atoms with Gasteiger partial charge in [0.1, 0.15) is 5.82 Å². The molecule has 0 unspecified atom stereocenters. The quantitative estimate of drug-likeness (QED) is 0.790. The Hall–Kier alpha value is -2.15. The highest BCUT2D eigenvalue weighted by molar-refractivity contribution is 6.31. The number of hydrogen-bond donors (Lipinski definition) is 0. The lowest BCUT2D eigenvalue weighted by molar-refractivity contribution is 0.0701.